The van der Waals surface area contributed by atoms with Gasteiger partial charge in [-0.3, -0.25) is 20.3 Å². The van der Waals surface area contributed by atoms with Crippen molar-refractivity contribution in [3.8, 4) is 0 Å². The second kappa shape index (κ2) is 10.3. The summed E-state index contributed by atoms with van der Waals surface area (Å²) in [6.45, 7) is 5.63. The summed E-state index contributed by atoms with van der Waals surface area (Å²) in [5.74, 6) is 0.490. The molecule has 36 heavy (non-hydrogen) atoms. The van der Waals surface area contributed by atoms with Crippen molar-refractivity contribution in [2.45, 2.75) is 24.1 Å². The number of fused-ring (bicyclic) bond motifs is 1. The molecule has 1 aromatic carbocycles. The molecular formula is C20H24N8O6S2. The molecule has 1 saturated heterocycles. The van der Waals surface area contributed by atoms with E-state index in [0.717, 1.165) is 11.3 Å². The molecule has 2 aromatic heterocycles. The highest BCUT2D eigenvalue weighted by molar-refractivity contribution is 7.91. The number of hydrogen-bond donors (Lipinski definition) is 3. The van der Waals surface area contributed by atoms with Crippen molar-refractivity contribution < 1.29 is 23.2 Å². The number of anilines is 2. The topological polar surface area (TPSA) is 184 Å². The van der Waals surface area contributed by atoms with Gasteiger partial charge in [0.15, 0.2) is 14.9 Å². The molecular weight excluding hydrogens is 512 g/mol. The number of carbonyl (C=O) groups is 1. The molecule has 4 rings (SSSR count). The van der Waals surface area contributed by atoms with Gasteiger partial charge in [0, 0.05) is 50.2 Å². The number of rotatable bonds is 8. The summed E-state index contributed by atoms with van der Waals surface area (Å²) in [5, 5.41) is 26.1. The summed E-state index contributed by atoms with van der Waals surface area (Å²) in [5.41, 5.74) is 0.414. The Morgan fingerprint density at radius 2 is 2.00 bits per heavy atom. The minimum atomic E-state index is -3.80. The maximum absolute atomic E-state index is 13.1. The normalized spacial score (nSPS) is 16.1. The zero-order valence-corrected chi connectivity index (χ0v) is 21.0. The first-order valence-corrected chi connectivity index (χ1v) is 13.2. The molecule has 1 fully saturated rings. The summed E-state index contributed by atoms with van der Waals surface area (Å²) in [6.07, 6.45) is -0.0236. The van der Waals surface area contributed by atoms with Gasteiger partial charge in [-0.05, 0) is 19.9 Å². The van der Waals surface area contributed by atoms with Gasteiger partial charge >= 0.3 is 6.09 Å². The molecule has 0 saturated carbocycles. The summed E-state index contributed by atoms with van der Waals surface area (Å²) < 4.78 is 27.6. The van der Waals surface area contributed by atoms with Crippen LogP contribution < -0.4 is 10.6 Å². The number of aromatic nitrogens is 3. The van der Waals surface area contributed by atoms with E-state index in [9.17, 15) is 23.3 Å². The van der Waals surface area contributed by atoms with E-state index in [1.54, 1.807) is 12.1 Å². The van der Waals surface area contributed by atoms with Gasteiger partial charge in [-0.15, -0.1) is 0 Å². The fraction of sp³-hybridized carbons (Fsp3) is 0.400. The predicted octanol–water partition coefficient (Wildman–Crippen LogP) is 2.20. The predicted molar refractivity (Wildman–Crippen MR) is 133 cm³/mol. The van der Waals surface area contributed by atoms with Crippen LogP contribution >= 0.6 is 11.3 Å². The number of sulfonamides is 1. The lowest BCUT2D eigenvalue weighted by molar-refractivity contribution is -0.383. The number of nitro benzene ring substituents is 1. The van der Waals surface area contributed by atoms with Crippen LogP contribution in [0.5, 0.6) is 0 Å². The van der Waals surface area contributed by atoms with E-state index < -0.39 is 21.0 Å². The third-order valence-electron chi connectivity index (χ3n) is 5.63. The van der Waals surface area contributed by atoms with Crippen molar-refractivity contribution in [3.63, 3.8) is 0 Å². The Balaban J connectivity index is 1.38. The lowest BCUT2D eigenvalue weighted by atomic mass is 10.2. The van der Waals surface area contributed by atoms with Crippen molar-refractivity contribution in [2.75, 3.05) is 43.4 Å². The number of non-ortho nitro benzene ring substituents is 1. The number of piperazine rings is 1. The highest BCUT2D eigenvalue weighted by atomic mass is 32.2. The Morgan fingerprint density at radius 3 is 2.67 bits per heavy atom. The molecule has 0 bridgehead atoms. The molecule has 16 heteroatoms. The molecule has 1 aliphatic rings. The van der Waals surface area contributed by atoms with Crippen LogP contribution in [0.15, 0.2) is 28.7 Å². The average Bonchev–Trinajstić information content (AvgIpc) is 3.19. The Morgan fingerprint density at radius 1 is 1.28 bits per heavy atom. The Labute approximate surface area is 210 Å². The van der Waals surface area contributed by atoms with Gasteiger partial charge in [0.05, 0.1) is 10.6 Å². The second-order valence-electron chi connectivity index (χ2n) is 8.22. The molecule has 1 amide bonds. The largest absolute Gasteiger partial charge is 0.465 e. The summed E-state index contributed by atoms with van der Waals surface area (Å²) >= 11 is 0.794. The van der Waals surface area contributed by atoms with E-state index >= 15 is 0 Å². The Kier molecular flexibility index (Phi) is 7.30. The molecule has 0 aliphatic carbocycles. The molecule has 1 atom stereocenters. The van der Waals surface area contributed by atoms with E-state index in [1.165, 1.54) is 23.6 Å². The molecule has 1 aliphatic heterocycles. The first-order chi connectivity index (χ1) is 17.1. The number of thiazole rings is 1. The third kappa shape index (κ3) is 5.35. The number of carboxylic acid groups (broad SMARTS) is 1. The average molecular weight is 537 g/mol. The summed E-state index contributed by atoms with van der Waals surface area (Å²) in [4.78, 5) is 36.1. The van der Waals surface area contributed by atoms with Crippen molar-refractivity contribution in [1.29, 1.82) is 0 Å². The fourth-order valence-corrected chi connectivity index (χ4v) is 7.00. The standard InChI is InChI=1S/C20H24N8O6S2/c1-12(23-17-14-4-3-5-15(28(31)32)16(14)21-11-22-17)10-26-6-8-27(9-7-26)36(33,34)18-13(2)24-19(35-18)25-20(29)30/h3-5,11-12H,6-10H2,1-2H3,(H,24,25)(H,29,30)(H,21,22,23). The van der Waals surface area contributed by atoms with Crippen LogP contribution in [0.25, 0.3) is 10.9 Å². The van der Waals surface area contributed by atoms with Crippen molar-refractivity contribution in [2.24, 2.45) is 0 Å². The van der Waals surface area contributed by atoms with Crippen LogP contribution in [0.3, 0.4) is 0 Å². The molecule has 14 nitrogen and oxygen atoms in total. The lowest BCUT2D eigenvalue weighted by Crippen LogP contribution is -2.50. The van der Waals surface area contributed by atoms with Crippen LogP contribution in [-0.2, 0) is 10.0 Å². The van der Waals surface area contributed by atoms with Crippen LogP contribution in [0, 0.1) is 17.0 Å². The van der Waals surface area contributed by atoms with Gasteiger partial charge in [0.2, 0.25) is 0 Å². The van der Waals surface area contributed by atoms with Gasteiger partial charge in [0.1, 0.15) is 12.1 Å². The van der Waals surface area contributed by atoms with Gasteiger partial charge in [-0.2, -0.15) is 4.31 Å². The van der Waals surface area contributed by atoms with E-state index in [-0.39, 0.29) is 45.4 Å². The van der Waals surface area contributed by atoms with Crippen LogP contribution in [0.2, 0.25) is 0 Å². The summed E-state index contributed by atoms with van der Waals surface area (Å²) in [6, 6.07) is 4.62. The number of para-hydroxylation sites is 1. The minimum absolute atomic E-state index is 0.0136. The van der Waals surface area contributed by atoms with E-state index in [1.807, 2.05) is 6.92 Å². The van der Waals surface area contributed by atoms with E-state index in [2.05, 4.69) is 30.5 Å². The number of hydrogen-bond acceptors (Lipinski definition) is 11. The van der Waals surface area contributed by atoms with Gasteiger partial charge in [-0.1, -0.05) is 17.4 Å². The maximum atomic E-state index is 13.1. The molecule has 0 radical (unpaired) electrons. The minimum Gasteiger partial charge on any atom is -0.465 e. The fourth-order valence-electron chi connectivity index (χ4n) is 4.04. The molecule has 3 aromatic rings. The number of amides is 1. The molecule has 1 unspecified atom stereocenters. The second-order valence-corrected chi connectivity index (χ2v) is 11.4. The first kappa shape index (κ1) is 25.6. The lowest BCUT2D eigenvalue weighted by Gasteiger charge is -2.35. The molecule has 3 N–H and O–H groups in total. The molecule has 0 spiro atoms. The van der Waals surface area contributed by atoms with E-state index in [4.69, 9.17) is 5.11 Å². The van der Waals surface area contributed by atoms with Crippen LogP contribution in [-0.4, -0.2) is 87.5 Å². The maximum Gasteiger partial charge on any atom is 0.410 e. The van der Waals surface area contributed by atoms with Crippen LogP contribution in [0.4, 0.5) is 21.4 Å². The Hall–Kier alpha value is -3.47. The van der Waals surface area contributed by atoms with Crippen LogP contribution in [0.1, 0.15) is 12.6 Å². The molecule has 192 valence electrons. The van der Waals surface area contributed by atoms with Crippen molar-refractivity contribution in [1.82, 2.24) is 24.2 Å². The van der Waals surface area contributed by atoms with E-state index in [0.29, 0.717) is 30.8 Å². The van der Waals surface area contributed by atoms with Crippen molar-refractivity contribution in [3.05, 3.63) is 40.3 Å². The monoisotopic (exact) mass is 536 g/mol. The summed E-state index contributed by atoms with van der Waals surface area (Å²) in [7, 11) is -3.80. The smallest absolute Gasteiger partial charge is 0.410 e. The highest BCUT2D eigenvalue weighted by Crippen LogP contribution is 2.30. The van der Waals surface area contributed by atoms with Gasteiger partial charge < -0.3 is 10.4 Å². The number of aryl methyl sites for hydroxylation is 1. The highest BCUT2D eigenvalue weighted by Gasteiger charge is 2.32. The first-order valence-electron chi connectivity index (χ1n) is 10.9. The Bertz CT molecular complexity index is 1400. The number of nitrogens with one attached hydrogen (secondary N) is 2. The number of benzene rings is 1. The van der Waals surface area contributed by atoms with Gasteiger partial charge in [-0.25, -0.2) is 28.2 Å². The molecule has 3 heterocycles. The SMILES string of the molecule is Cc1nc(NC(=O)O)sc1S(=O)(=O)N1CCN(CC(C)Nc2ncnc3c([N+](=O)[O-])cccc23)CC1. The van der Waals surface area contributed by atoms with Gasteiger partial charge in [0.25, 0.3) is 15.7 Å². The number of nitrogens with zero attached hydrogens (tertiary/aromatic N) is 6. The van der Waals surface area contributed by atoms with Crippen molar-refractivity contribution >= 4 is 55.0 Å². The number of nitro groups is 1. The third-order valence-corrected chi connectivity index (χ3v) is 9.19. The quantitative estimate of drug-likeness (QED) is 0.283. The zero-order valence-electron chi connectivity index (χ0n) is 19.4. The zero-order chi connectivity index (χ0) is 26.0.